The normalized spacial score (nSPS) is 12.3. The molecule has 0 amide bonds. The Morgan fingerprint density at radius 2 is 2.09 bits per heavy atom. The van der Waals surface area contributed by atoms with Crippen molar-refractivity contribution in [3.63, 3.8) is 0 Å². The number of aromatic nitrogens is 2. The van der Waals surface area contributed by atoms with Crippen LogP contribution in [0, 0.1) is 13.8 Å². The first-order valence-electron chi connectivity index (χ1n) is 7.69. The largest absolute Gasteiger partial charge is 0.497 e. The summed E-state index contributed by atoms with van der Waals surface area (Å²) in [6.07, 6.45) is 1.82. The van der Waals surface area contributed by atoms with Gasteiger partial charge in [0.15, 0.2) is 0 Å². The zero-order valence-electron chi connectivity index (χ0n) is 13.9. The van der Waals surface area contributed by atoms with Gasteiger partial charge in [0.05, 0.1) is 18.3 Å². The van der Waals surface area contributed by atoms with Crippen LogP contribution in [0.1, 0.15) is 29.9 Å². The van der Waals surface area contributed by atoms with Crippen molar-refractivity contribution >= 4 is 16.6 Å². The van der Waals surface area contributed by atoms with E-state index < -0.39 is 0 Å². The van der Waals surface area contributed by atoms with Gasteiger partial charge in [-0.15, -0.1) is 0 Å². The van der Waals surface area contributed by atoms with Gasteiger partial charge in [-0.05, 0) is 38.1 Å². The summed E-state index contributed by atoms with van der Waals surface area (Å²) in [6, 6.07) is 7.88. The molecule has 3 aromatic rings. The minimum absolute atomic E-state index is 0.301. The lowest BCUT2D eigenvalue weighted by atomic mass is 9.99. The molecule has 5 nitrogen and oxygen atoms in total. The fourth-order valence-electron chi connectivity index (χ4n) is 2.97. The van der Waals surface area contributed by atoms with Crippen LogP contribution >= 0.6 is 0 Å². The smallest absolute Gasteiger partial charge is 0.137 e. The highest BCUT2D eigenvalue weighted by Gasteiger charge is 2.16. The highest BCUT2D eigenvalue weighted by atomic mass is 16.5. The lowest BCUT2D eigenvalue weighted by Gasteiger charge is -2.15. The van der Waals surface area contributed by atoms with Gasteiger partial charge in [0, 0.05) is 35.3 Å². The highest BCUT2D eigenvalue weighted by molar-refractivity contribution is 5.92. The van der Waals surface area contributed by atoms with Crippen molar-refractivity contribution in [2.75, 3.05) is 19.0 Å². The summed E-state index contributed by atoms with van der Waals surface area (Å²) in [5, 5.41) is 8.61. The topological polar surface area (TPSA) is 60.2 Å². The van der Waals surface area contributed by atoms with E-state index in [1.54, 1.807) is 7.11 Å². The van der Waals surface area contributed by atoms with E-state index in [0.717, 1.165) is 40.3 Å². The molecule has 0 spiro atoms. The molecule has 0 aliphatic heterocycles. The molecule has 2 aromatic heterocycles. The summed E-state index contributed by atoms with van der Waals surface area (Å²) >= 11 is 0. The van der Waals surface area contributed by atoms with Gasteiger partial charge in [0.2, 0.25) is 0 Å². The van der Waals surface area contributed by atoms with Crippen molar-refractivity contribution in [1.82, 2.24) is 10.1 Å². The fourth-order valence-corrected chi connectivity index (χ4v) is 2.97. The van der Waals surface area contributed by atoms with Crippen molar-refractivity contribution in [1.29, 1.82) is 0 Å². The number of pyridine rings is 1. The molecule has 1 N–H and O–H groups in total. The molecule has 0 fully saturated rings. The number of nitrogens with zero attached hydrogens (tertiary/aromatic N) is 2. The van der Waals surface area contributed by atoms with E-state index in [-0.39, 0.29) is 0 Å². The zero-order valence-corrected chi connectivity index (χ0v) is 13.9. The zero-order chi connectivity index (χ0) is 16.4. The molecule has 1 atom stereocenters. The number of methoxy groups -OCH3 is 1. The van der Waals surface area contributed by atoms with E-state index in [2.05, 4.69) is 22.4 Å². The maximum Gasteiger partial charge on any atom is 0.137 e. The SMILES string of the molecule is COc1ccc2nccc(NCC(C)c3c(C)noc3C)c2c1. The van der Waals surface area contributed by atoms with Gasteiger partial charge in [-0.1, -0.05) is 12.1 Å². The van der Waals surface area contributed by atoms with Crippen LogP contribution in [-0.4, -0.2) is 23.8 Å². The fraction of sp³-hybridized carbons (Fsp3) is 0.333. The third kappa shape index (κ3) is 2.99. The number of benzene rings is 1. The number of nitrogens with one attached hydrogen (secondary N) is 1. The molecule has 0 saturated heterocycles. The van der Waals surface area contributed by atoms with Crippen LogP contribution in [0.5, 0.6) is 5.75 Å². The predicted molar refractivity (Wildman–Crippen MR) is 91.2 cm³/mol. The van der Waals surface area contributed by atoms with E-state index >= 15 is 0 Å². The third-order valence-electron chi connectivity index (χ3n) is 4.13. The molecule has 1 unspecified atom stereocenters. The summed E-state index contributed by atoms with van der Waals surface area (Å²) in [4.78, 5) is 4.40. The molecule has 0 saturated carbocycles. The van der Waals surface area contributed by atoms with Crippen molar-refractivity contribution < 1.29 is 9.26 Å². The molecule has 2 heterocycles. The summed E-state index contributed by atoms with van der Waals surface area (Å²) in [6.45, 7) is 6.90. The van der Waals surface area contributed by atoms with Gasteiger partial charge >= 0.3 is 0 Å². The molecule has 120 valence electrons. The minimum Gasteiger partial charge on any atom is -0.497 e. The van der Waals surface area contributed by atoms with Crippen LogP contribution in [0.25, 0.3) is 10.9 Å². The monoisotopic (exact) mass is 311 g/mol. The lowest BCUT2D eigenvalue weighted by molar-refractivity contribution is 0.391. The van der Waals surface area contributed by atoms with Crippen LogP contribution in [0.4, 0.5) is 5.69 Å². The Labute approximate surface area is 135 Å². The third-order valence-corrected chi connectivity index (χ3v) is 4.13. The van der Waals surface area contributed by atoms with Gasteiger partial charge in [0.1, 0.15) is 11.5 Å². The Kier molecular flexibility index (Phi) is 4.19. The molecule has 1 aromatic carbocycles. The first-order chi connectivity index (χ1) is 11.1. The maximum absolute atomic E-state index is 5.32. The number of aryl methyl sites for hydroxylation is 2. The first kappa shape index (κ1) is 15.3. The summed E-state index contributed by atoms with van der Waals surface area (Å²) < 4.78 is 10.6. The Morgan fingerprint density at radius 1 is 1.26 bits per heavy atom. The average molecular weight is 311 g/mol. The highest BCUT2D eigenvalue weighted by Crippen LogP contribution is 2.28. The van der Waals surface area contributed by atoms with E-state index in [9.17, 15) is 0 Å². The molecular weight excluding hydrogens is 290 g/mol. The Morgan fingerprint density at radius 3 is 2.78 bits per heavy atom. The number of ether oxygens (including phenoxy) is 1. The van der Waals surface area contributed by atoms with E-state index in [1.807, 2.05) is 44.3 Å². The van der Waals surface area contributed by atoms with Gasteiger partial charge in [-0.25, -0.2) is 0 Å². The molecule has 3 rings (SSSR count). The minimum atomic E-state index is 0.301. The van der Waals surface area contributed by atoms with Crippen LogP contribution in [0.15, 0.2) is 35.0 Å². The molecule has 0 aliphatic carbocycles. The molecule has 0 bridgehead atoms. The number of hydrogen-bond acceptors (Lipinski definition) is 5. The van der Waals surface area contributed by atoms with Gasteiger partial charge in [-0.2, -0.15) is 0 Å². The Hall–Kier alpha value is -2.56. The van der Waals surface area contributed by atoms with Crippen LogP contribution < -0.4 is 10.1 Å². The molecule has 5 heteroatoms. The van der Waals surface area contributed by atoms with Crippen LogP contribution in [0.3, 0.4) is 0 Å². The quantitative estimate of drug-likeness (QED) is 0.770. The predicted octanol–water partition coefficient (Wildman–Crippen LogP) is 4.06. The molecule has 0 aliphatic rings. The second-order valence-corrected chi connectivity index (χ2v) is 5.76. The Balaban J connectivity index is 1.84. The number of fused-ring (bicyclic) bond motifs is 1. The van der Waals surface area contributed by atoms with Crippen molar-refractivity contribution in [3.05, 3.63) is 47.5 Å². The standard InChI is InChI=1S/C18H21N3O2/c1-11(18-12(2)21-23-13(18)3)10-20-17-7-8-19-16-6-5-14(22-4)9-15(16)17/h5-9,11H,10H2,1-4H3,(H,19,20). The van der Waals surface area contributed by atoms with E-state index in [4.69, 9.17) is 9.26 Å². The van der Waals surface area contributed by atoms with Gasteiger partial charge in [0.25, 0.3) is 0 Å². The van der Waals surface area contributed by atoms with E-state index in [0.29, 0.717) is 5.92 Å². The van der Waals surface area contributed by atoms with Crippen LogP contribution in [0.2, 0.25) is 0 Å². The van der Waals surface area contributed by atoms with Crippen molar-refractivity contribution in [2.24, 2.45) is 0 Å². The summed E-state index contributed by atoms with van der Waals surface area (Å²) in [5.41, 5.74) is 4.12. The molecule has 23 heavy (non-hydrogen) atoms. The lowest BCUT2D eigenvalue weighted by Crippen LogP contribution is -2.11. The number of hydrogen-bond donors (Lipinski definition) is 1. The van der Waals surface area contributed by atoms with Crippen molar-refractivity contribution in [3.8, 4) is 5.75 Å². The summed E-state index contributed by atoms with van der Waals surface area (Å²) in [5.74, 6) is 2.01. The Bertz CT molecular complexity index is 807. The van der Waals surface area contributed by atoms with E-state index in [1.165, 1.54) is 5.56 Å². The first-order valence-corrected chi connectivity index (χ1v) is 7.69. The van der Waals surface area contributed by atoms with Gasteiger partial charge < -0.3 is 14.6 Å². The second kappa shape index (κ2) is 6.28. The number of anilines is 1. The molecule has 0 radical (unpaired) electrons. The van der Waals surface area contributed by atoms with Crippen molar-refractivity contribution in [2.45, 2.75) is 26.7 Å². The second-order valence-electron chi connectivity index (χ2n) is 5.76. The van der Waals surface area contributed by atoms with Gasteiger partial charge in [-0.3, -0.25) is 4.98 Å². The summed E-state index contributed by atoms with van der Waals surface area (Å²) in [7, 11) is 1.67. The average Bonchev–Trinajstić information content (AvgIpc) is 2.90. The number of rotatable bonds is 5. The van der Waals surface area contributed by atoms with Crippen LogP contribution in [-0.2, 0) is 0 Å². The maximum atomic E-state index is 5.32. The molecular formula is C18H21N3O2.